The summed E-state index contributed by atoms with van der Waals surface area (Å²) in [5.74, 6) is 0.154. The quantitative estimate of drug-likeness (QED) is 0.331. The van der Waals surface area contributed by atoms with Crippen LogP contribution in [0.5, 0.6) is 0 Å². The van der Waals surface area contributed by atoms with Gasteiger partial charge in [-0.2, -0.15) is 0 Å². The lowest BCUT2D eigenvalue weighted by Gasteiger charge is -2.28. The van der Waals surface area contributed by atoms with Crippen LogP contribution in [0.4, 0.5) is 0 Å². The van der Waals surface area contributed by atoms with E-state index in [-0.39, 0.29) is 22.3 Å². The molecule has 166 valence electrons. The van der Waals surface area contributed by atoms with Crippen molar-refractivity contribution in [1.29, 1.82) is 0 Å². The summed E-state index contributed by atoms with van der Waals surface area (Å²) in [7, 11) is 0. The van der Waals surface area contributed by atoms with Crippen molar-refractivity contribution in [3.63, 3.8) is 0 Å². The first-order valence-corrected chi connectivity index (χ1v) is 14.9. The lowest BCUT2D eigenvalue weighted by molar-refractivity contribution is -0.124. The van der Waals surface area contributed by atoms with Crippen LogP contribution in [0.15, 0.2) is 22.5 Å². The van der Waals surface area contributed by atoms with Crippen LogP contribution in [0.2, 0.25) is 0 Å². The number of halogens is 2. The van der Waals surface area contributed by atoms with Gasteiger partial charge in [0, 0.05) is 35.0 Å². The van der Waals surface area contributed by atoms with Crippen molar-refractivity contribution in [2.45, 2.75) is 84.0 Å². The molecule has 0 aromatic rings. The number of amides is 2. The molecule has 0 spiro atoms. The maximum atomic E-state index is 13.8. The minimum absolute atomic E-state index is 0.0769. The lowest BCUT2D eigenvalue weighted by Crippen LogP contribution is -2.36. The fraction of sp³-hybridized carbons (Fsp3) is 0.727. The molecule has 0 bridgehead atoms. The summed E-state index contributed by atoms with van der Waals surface area (Å²) in [4.78, 5) is 31.5. The van der Waals surface area contributed by atoms with Gasteiger partial charge in [0.25, 0.3) is 11.8 Å². The van der Waals surface area contributed by atoms with Gasteiger partial charge in [-0.1, -0.05) is 58.5 Å². The van der Waals surface area contributed by atoms with Crippen LogP contribution in [0.3, 0.4) is 0 Å². The third kappa shape index (κ3) is 4.19. The third-order valence-corrected chi connectivity index (χ3v) is 11.1. The van der Waals surface area contributed by atoms with Gasteiger partial charge in [-0.05, 0) is 38.5 Å². The van der Waals surface area contributed by atoms with E-state index in [2.05, 4.69) is 45.7 Å². The molecule has 4 unspecified atom stereocenters. The standard InChI is InChI=1S/C22H30Br2N2O2S2/c1-3-5-11-25-19(13-7-9-15(23)29-13)17-18(21(25)27)20(14-8-10-16(24)30-14)26(22(17)28)12-6-4-2/h13-16H,3-12H2,1-2H3. The van der Waals surface area contributed by atoms with Crippen molar-refractivity contribution in [1.82, 2.24) is 9.80 Å². The summed E-state index contributed by atoms with van der Waals surface area (Å²) in [6, 6.07) is 0. The number of thioether (sulfide) groups is 2. The second kappa shape index (κ2) is 9.92. The van der Waals surface area contributed by atoms with Crippen molar-refractivity contribution >= 4 is 67.2 Å². The molecule has 2 fully saturated rings. The molecular weight excluding hydrogens is 548 g/mol. The predicted octanol–water partition coefficient (Wildman–Crippen LogP) is 6.01. The molecule has 2 saturated heterocycles. The number of hydrogen-bond acceptors (Lipinski definition) is 4. The van der Waals surface area contributed by atoms with E-state index in [1.807, 2.05) is 33.3 Å². The Morgan fingerprint density at radius 3 is 1.47 bits per heavy atom. The van der Waals surface area contributed by atoms with Crippen molar-refractivity contribution in [2.24, 2.45) is 0 Å². The van der Waals surface area contributed by atoms with Gasteiger partial charge in [-0.15, -0.1) is 23.5 Å². The fourth-order valence-electron chi connectivity index (χ4n) is 4.79. The molecule has 0 N–H and O–H groups in total. The van der Waals surface area contributed by atoms with E-state index in [0.29, 0.717) is 8.32 Å². The topological polar surface area (TPSA) is 40.6 Å². The zero-order valence-corrected chi connectivity index (χ0v) is 22.5. The predicted molar refractivity (Wildman–Crippen MR) is 134 cm³/mol. The summed E-state index contributed by atoms with van der Waals surface area (Å²) in [5, 5.41) is 0.443. The van der Waals surface area contributed by atoms with Gasteiger partial charge in [0.05, 0.1) is 19.5 Å². The Hall–Kier alpha value is 0.0800. The number of nitrogens with zero attached hydrogens (tertiary/aromatic N) is 2. The summed E-state index contributed by atoms with van der Waals surface area (Å²) in [5.41, 5.74) is 3.49. The van der Waals surface area contributed by atoms with Gasteiger partial charge in [-0.25, -0.2) is 0 Å². The number of hydrogen-bond donors (Lipinski definition) is 0. The Kier molecular flexibility index (Phi) is 7.69. The van der Waals surface area contributed by atoms with Crippen LogP contribution in [0, 0.1) is 0 Å². The molecule has 0 saturated carbocycles. The van der Waals surface area contributed by atoms with E-state index in [1.165, 1.54) is 0 Å². The molecular formula is C22H30Br2N2O2S2. The fourth-order valence-corrected chi connectivity index (χ4v) is 9.43. The number of alkyl halides is 2. The molecule has 4 aliphatic rings. The highest BCUT2D eigenvalue weighted by atomic mass is 79.9. The number of fused-ring (bicyclic) bond motifs is 1. The smallest absolute Gasteiger partial charge is 0.260 e. The Labute approximate surface area is 205 Å². The summed E-state index contributed by atoms with van der Waals surface area (Å²) in [6.45, 7) is 5.74. The largest absolute Gasteiger partial charge is 0.310 e. The normalized spacial score (nSPS) is 31.7. The lowest BCUT2D eigenvalue weighted by atomic mass is 10.0. The highest BCUT2D eigenvalue weighted by Crippen LogP contribution is 2.52. The molecule has 4 nitrogen and oxygen atoms in total. The van der Waals surface area contributed by atoms with Gasteiger partial charge in [0.15, 0.2) is 0 Å². The SMILES string of the molecule is CCCCN1C(=O)C2=C(C3CCC(Br)S3)N(CCCC)C(=O)C2=C1C1CCC(Br)S1. The zero-order valence-electron chi connectivity index (χ0n) is 17.7. The van der Waals surface area contributed by atoms with Crippen LogP contribution in [-0.4, -0.2) is 53.5 Å². The third-order valence-electron chi connectivity index (χ3n) is 6.28. The minimum Gasteiger partial charge on any atom is -0.310 e. The average molecular weight is 578 g/mol. The molecule has 0 aromatic carbocycles. The molecule has 4 heterocycles. The van der Waals surface area contributed by atoms with Crippen LogP contribution >= 0.6 is 55.4 Å². The first-order valence-electron chi connectivity index (χ1n) is 11.2. The second-order valence-corrected chi connectivity index (χ2v) is 14.6. The first kappa shape index (κ1) is 23.2. The molecule has 0 aromatic heterocycles. The number of rotatable bonds is 8. The summed E-state index contributed by atoms with van der Waals surface area (Å²) < 4.78 is 0.803. The minimum atomic E-state index is 0.0769. The van der Waals surface area contributed by atoms with E-state index in [0.717, 1.165) is 87.0 Å². The van der Waals surface area contributed by atoms with Gasteiger partial charge in [-0.3, -0.25) is 9.59 Å². The Morgan fingerprint density at radius 1 is 0.767 bits per heavy atom. The molecule has 2 amide bonds. The molecule has 4 rings (SSSR count). The first-order chi connectivity index (χ1) is 14.5. The van der Waals surface area contributed by atoms with Gasteiger partial charge in [0.2, 0.25) is 0 Å². The van der Waals surface area contributed by atoms with Crippen molar-refractivity contribution < 1.29 is 9.59 Å². The molecule has 8 heteroatoms. The van der Waals surface area contributed by atoms with E-state index in [9.17, 15) is 9.59 Å². The zero-order chi connectivity index (χ0) is 21.4. The molecule has 4 aliphatic heterocycles. The van der Waals surface area contributed by atoms with Gasteiger partial charge < -0.3 is 9.80 Å². The van der Waals surface area contributed by atoms with Gasteiger partial charge >= 0.3 is 0 Å². The van der Waals surface area contributed by atoms with Gasteiger partial charge in [0.1, 0.15) is 0 Å². The monoisotopic (exact) mass is 576 g/mol. The van der Waals surface area contributed by atoms with Crippen LogP contribution < -0.4 is 0 Å². The van der Waals surface area contributed by atoms with Crippen molar-refractivity contribution in [3.8, 4) is 0 Å². The van der Waals surface area contributed by atoms with E-state index < -0.39 is 0 Å². The highest BCUT2D eigenvalue weighted by molar-refractivity contribution is 9.11. The van der Waals surface area contributed by atoms with Crippen LogP contribution in [0.25, 0.3) is 0 Å². The average Bonchev–Trinajstić information content (AvgIpc) is 3.46. The Morgan fingerprint density at radius 2 is 1.17 bits per heavy atom. The number of unbranched alkanes of at least 4 members (excludes halogenated alkanes) is 2. The Balaban J connectivity index is 1.80. The molecule has 30 heavy (non-hydrogen) atoms. The Bertz CT molecular complexity index is 721. The number of carbonyl (C=O) groups is 2. The van der Waals surface area contributed by atoms with Crippen LogP contribution in [0.1, 0.15) is 65.2 Å². The van der Waals surface area contributed by atoms with E-state index >= 15 is 0 Å². The van der Waals surface area contributed by atoms with Crippen molar-refractivity contribution in [3.05, 3.63) is 22.5 Å². The maximum absolute atomic E-state index is 13.8. The summed E-state index contributed by atoms with van der Waals surface area (Å²) in [6.07, 6.45) is 8.20. The maximum Gasteiger partial charge on any atom is 0.260 e. The van der Waals surface area contributed by atoms with E-state index in [1.54, 1.807) is 0 Å². The summed E-state index contributed by atoms with van der Waals surface area (Å²) >= 11 is 11.2. The second-order valence-electron chi connectivity index (χ2n) is 8.37. The molecule has 0 radical (unpaired) electrons. The van der Waals surface area contributed by atoms with Crippen LogP contribution in [-0.2, 0) is 9.59 Å². The number of carbonyl (C=O) groups excluding carboxylic acids is 2. The van der Waals surface area contributed by atoms with E-state index in [4.69, 9.17) is 0 Å². The van der Waals surface area contributed by atoms with Crippen molar-refractivity contribution in [2.75, 3.05) is 13.1 Å². The molecule has 0 aliphatic carbocycles. The molecule has 4 atom stereocenters. The highest BCUT2D eigenvalue weighted by Gasteiger charge is 2.52.